The molecular formula is C15H14FNO3. The number of nitro benzene ring substituents is 1. The van der Waals surface area contributed by atoms with Gasteiger partial charge in [-0.1, -0.05) is 25.1 Å². The van der Waals surface area contributed by atoms with Crippen LogP contribution in [-0.2, 0) is 13.0 Å². The van der Waals surface area contributed by atoms with E-state index in [1.165, 1.54) is 6.07 Å². The molecule has 0 saturated heterocycles. The molecule has 0 aliphatic carbocycles. The SMILES string of the molecule is CCc1ccccc1OCc1ccc([N+](=O)[O-])c(F)c1. The van der Waals surface area contributed by atoms with Crippen molar-refractivity contribution < 1.29 is 14.1 Å². The number of benzene rings is 2. The highest BCUT2D eigenvalue weighted by molar-refractivity contribution is 5.36. The average molecular weight is 275 g/mol. The minimum atomic E-state index is -0.847. The fourth-order valence-electron chi connectivity index (χ4n) is 1.89. The molecule has 104 valence electrons. The van der Waals surface area contributed by atoms with Gasteiger partial charge in [-0.2, -0.15) is 4.39 Å². The van der Waals surface area contributed by atoms with Crippen LogP contribution in [0.25, 0.3) is 0 Å². The number of rotatable bonds is 5. The lowest BCUT2D eigenvalue weighted by Crippen LogP contribution is -2.00. The Morgan fingerprint density at radius 3 is 2.65 bits per heavy atom. The first-order valence-corrected chi connectivity index (χ1v) is 6.25. The van der Waals surface area contributed by atoms with Crippen molar-refractivity contribution in [3.8, 4) is 5.75 Å². The summed E-state index contributed by atoms with van der Waals surface area (Å²) >= 11 is 0. The van der Waals surface area contributed by atoms with Crippen molar-refractivity contribution in [2.45, 2.75) is 20.0 Å². The summed E-state index contributed by atoms with van der Waals surface area (Å²) in [5.74, 6) is -0.103. The van der Waals surface area contributed by atoms with Crippen LogP contribution < -0.4 is 4.74 Å². The molecule has 0 spiro atoms. The third kappa shape index (κ3) is 3.12. The van der Waals surface area contributed by atoms with Crippen molar-refractivity contribution in [1.29, 1.82) is 0 Å². The van der Waals surface area contributed by atoms with Crippen LogP contribution in [-0.4, -0.2) is 4.92 Å². The van der Waals surface area contributed by atoms with E-state index in [1.807, 2.05) is 31.2 Å². The molecular weight excluding hydrogens is 261 g/mol. The van der Waals surface area contributed by atoms with Gasteiger partial charge in [0.15, 0.2) is 0 Å². The maximum atomic E-state index is 13.5. The van der Waals surface area contributed by atoms with Gasteiger partial charge in [-0.05, 0) is 35.7 Å². The molecule has 5 heteroatoms. The Morgan fingerprint density at radius 2 is 2.00 bits per heavy atom. The van der Waals surface area contributed by atoms with Crippen molar-refractivity contribution in [3.63, 3.8) is 0 Å². The molecule has 0 heterocycles. The van der Waals surface area contributed by atoms with E-state index in [0.29, 0.717) is 5.56 Å². The molecule has 0 radical (unpaired) electrons. The topological polar surface area (TPSA) is 52.4 Å². The van der Waals surface area contributed by atoms with Gasteiger partial charge in [0.1, 0.15) is 12.4 Å². The summed E-state index contributed by atoms with van der Waals surface area (Å²) in [6.45, 7) is 2.19. The quantitative estimate of drug-likeness (QED) is 0.614. The van der Waals surface area contributed by atoms with Crippen molar-refractivity contribution in [2.75, 3.05) is 0 Å². The molecule has 0 aliphatic heterocycles. The molecule has 0 fully saturated rings. The van der Waals surface area contributed by atoms with E-state index in [9.17, 15) is 14.5 Å². The zero-order valence-electron chi connectivity index (χ0n) is 11.0. The van der Waals surface area contributed by atoms with Crippen LogP contribution in [0.3, 0.4) is 0 Å². The van der Waals surface area contributed by atoms with Crippen LogP contribution in [0.15, 0.2) is 42.5 Å². The van der Waals surface area contributed by atoms with Gasteiger partial charge >= 0.3 is 5.69 Å². The first kappa shape index (κ1) is 14.0. The molecule has 0 amide bonds. The van der Waals surface area contributed by atoms with Gasteiger partial charge < -0.3 is 4.74 Å². The minimum absolute atomic E-state index is 0.173. The monoisotopic (exact) mass is 275 g/mol. The highest BCUT2D eigenvalue weighted by Crippen LogP contribution is 2.22. The summed E-state index contributed by atoms with van der Waals surface area (Å²) in [5.41, 5.74) is 1.09. The van der Waals surface area contributed by atoms with Crippen LogP contribution >= 0.6 is 0 Å². The summed E-state index contributed by atoms with van der Waals surface area (Å²) in [6.07, 6.45) is 0.838. The third-order valence-electron chi connectivity index (χ3n) is 2.96. The number of hydrogen-bond donors (Lipinski definition) is 0. The standard InChI is InChI=1S/C15H14FNO3/c1-2-12-5-3-4-6-15(12)20-10-11-7-8-14(17(18)19)13(16)9-11/h3-9H,2,10H2,1H3. The molecule has 20 heavy (non-hydrogen) atoms. The Balaban J connectivity index is 2.11. The minimum Gasteiger partial charge on any atom is -0.489 e. The van der Waals surface area contributed by atoms with Crippen molar-refractivity contribution in [3.05, 3.63) is 69.5 Å². The Kier molecular flexibility index (Phi) is 4.30. The normalized spacial score (nSPS) is 10.3. The molecule has 4 nitrogen and oxygen atoms in total. The average Bonchev–Trinajstić information content (AvgIpc) is 2.45. The number of para-hydroxylation sites is 1. The van der Waals surface area contributed by atoms with Crippen molar-refractivity contribution >= 4 is 5.69 Å². The molecule has 2 aromatic rings. The lowest BCUT2D eigenvalue weighted by Gasteiger charge is -2.10. The largest absolute Gasteiger partial charge is 0.489 e. The van der Waals surface area contributed by atoms with E-state index in [0.717, 1.165) is 29.9 Å². The van der Waals surface area contributed by atoms with Gasteiger partial charge in [0.05, 0.1) is 4.92 Å². The molecule has 2 aromatic carbocycles. The van der Waals surface area contributed by atoms with E-state index < -0.39 is 16.4 Å². The Bertz CT molecular complexity index is 628. The second kappa shape index (κ2) is 6.14. The number of ether oxygens (including phenoxy) is 1. The van der Waals surface area contributed by atoms with E-state index in [4.69, 9.17) is 4.74 Å². The summed E-state index contributed by atoms with van der Waals surface area (Å²) in [5, 5.41) is 10.5. The lowest BCUT2D eigenvalue weighted by molar-refractivity contribution is -0.387. The first-order valence-electron chi connectivity index (χ1n) is 6.25. The molecule has 0 unspecified atom stereocenters. The maximum Gasteiger partial charge on any atom is 0.304 e. The van der Waals surface area contributed by atoms with Gasteiger partial charge in [0.2, 0.25) is 5.82 Å². The highest BCUT2D eigenvalue weighted by atomic mass is 19.1. The van der Waals surface area contributed by atoms with Crippen LogP contribution in [0.2, 0.25) is 0 Å². The molecule has 0 N–H and O–H groups in total. The second-order valence-electron chi connectivity index (χ2n) is 4.29. The summed E-state index contributed by atoms with van der Waals surface area (Å²) in [4.78, 5) is 9.79. The zero-order valence-corrected chi connectivity index (χ0v) is 11.0. The number of hydrogen-bond acceptors (Lipinski definition) is 3. The molecule has 0 saturated carbocycles. The van der Waals surface area contributed by atoms with Crippen LogP contribution in [0.1, 0.15) is 18.1 Å². The third-order valence-corrected chi connectivity index (χ3v) is 2.96. The van der Waals surface area contributed by atoms with E-state index in [1.54, 1.807) is 0 Å². The van der Waals surface area contributed by atoms with E-state index in [-0.39, 0.29) is 6.61 Å². The van der Waals surface area contributed by atoms with E-state index >= 15 is 0 Å². The predicted molar refractivity (Wildman–Crippen MR) is 73.2 cm³/mol. The van der Waals surface area contributed by atoms with Gasteiger partial charge in [-0.25, -0.2) is 0 Å². The number of halogens is 1. The Morgan fingerprint density at radius 1 is 1.25 bits per heavy atom. The predicted octanol–water partition coefficient (Wildman–Crippen LogP) is 3.88. The summed E-state index contributed by atoms with van der Waals surface area (Å²) in [7, 11) is 0. The summed E-state index contributed by atoms with van der Waals surface area (Å²) in [6, 6.07) is 11.4. The van der Waals surface area contributed by atoms with Crippen LogP contribution in [0.4, 0.5) is 10.1 Å². The highest BCUT2D eigenvalue weighted by Gasteiger charge is 2.14. The van der Waals surface area contributed by atoms with Crippen molar-refractivity contribution in [1.82, 2.24) is 0 Å². The van der Waals surface area contributed by atoms with E-state index in [2.05, 4.69) is 0 Å². The van der Waals surface area contributed by atoms with Crippen LogP contribution in [0, 0.1) is 15.9 Å². The molecule has 0 aliphatic rings. The molecule has 2 rings (SSSR count). The molecule has 0 bridgehead atoms. The molecule has 0 atom stereocenters. The van der Waals surface area contributed by atoms with Gasteiger partial charge in [-0.15, -0.1) is 0 Å². The lowest BCUT2D eigenvalue weighted by atomic mass is 10.1. The zero-order chi connectivity index (χ0) is 14.5. The Labute approximate surface area is 116 Å². The van der Waals surface area contributed by atoms with Gasteiger partial charge in [-0.3, -0.25) is 10.1 Å². The number of nitrogens with zero attached hydrogens (tertiary/aromatic N) is 1. The number of nitro groups is 1. The summed E-state index contributed by atoms with van der Waals surface area (Å²) < 4.78 is 19.1. The van der Waals surface area contributed by atoms with Gasteiger partial charge in [0.25, 0.3) is 0 Å². The van der Waals surface area contributed by atoms with Crippen LogP contribution in [0.5, 0.6) is 5.75 Å². The first-order chi connectivity index (χ1) is 9.61. The number of aryl methyl sites for hydroxylation is 1. The molecule has 0 aromatic heterocycles. The fourth-order valence-corrected chi connectivity index (χ4v) is 1.89. The maximum absolute atomic E-state index is 13.5. The smallest absolute Gasteiger partial charge is 0.304 e. The second-order valence-corrected chi connectivity index (χ2v) is 4.29. The Hall–Kier alpha value is -2.43. The van der Waals surface area contributed by atoms with Crippen molar-refractivity contribution in [2.24, 2.45) is 0 Å². The fraction of sp³-hybridized carbons (Fsp3) is 0.200. The van der Waals surface area contributed by atoms with Gasteiger partial charge in [0, 0.05) is 6.07 Å².